The van der Waals surface area contributed by atoms with Crippen LogP contribution in [-0.4, -0.2) is 22.7 Å². The molecule has 0 bridgehead atoms. The van der Waals surface area contributed by atoms with Crippen molar-refractivity contribution >= 4 is 11.7 Å². The molecule has 2 aromatic rings. The number of benzene rings is 1. The molecule has 1 amide bonds. The number of para-hydroxylation sites is 1. The molecule has 2 rings (SSSR count). The second kappa shape index (κ2) is 6.88. The van der Waals surface area contributed by atoms with Gasteiger partial charge in [0.05, 0.1) is 13.0 Å². The SMILES string of the molecule is CC(C)c1cc(NC(=O)CCOc2ccccc2F)n[nH]1. The predicted molar refractivity (Wildman–Crippen MR) is 77.8 cm³/mol. The summed E-state index contributed by atoms with van der Waals surface area (Å²) in [6, 6.07) is 7.89. The van der Waals surface area contributed by atoms with Gasteiger partial charge in [-0.25, -0.2) is 4.39 Å². The third-order valence-corrected chi connectivity index (χ3v) is 2.91. The van der Waals surface area contributed by atoms with E-state index in [-0.39, 0.29) is 24.7 Å². The van der Waals surface area contributed by atoms with Crippen molar-refractivity contribution in [1.29, 1.82) is 0 Å². The summed E-state index contributed by atoms with van der Waals surface area (Å²) in [7, 11) is 0. The highest BCUT2D eigenvalue weighted by atomic mass is 19.1. The molecule has 21 heavy (non-hydrogen) atoms. The number of aromatic nitrogens is 2. The van der Waals surface area contributed by atoms with E-state index in [1.54, 1.807) is 18.2 Å². The van der Waals surface area contributed by atoms with Crippen molar-refractivity contribution in [3.05, 3.63) is 41.8 Å². The number of amides is 1. The Kier molecular flexibility index (Phi) is 4.92. The van der Waals surface area contributed by atoms with Crippen molar-refractivity contribution in [2.24, 2.45) is 0 Å². The lowest BCUT2D eigenvalue weighted by Gasteiger charge is -2.06. The highest BCUT2D eigenvalue weighted by molar-refractivity contribution is 5.89. The summed E-state index contributed by atoms with van der Waals surface area (Å²) >= 11 is 0. The molecule has 0 unspecified atom stereocenters. The van der Waals surface area contributed by atoms with Crippen molar-refractivity contribution in [2.75, 3.05) is 11.9 Å². The number of nitrogens with zero attached hydrogens (tertiary/aromatic N) is 1. The summed E-state index contributed by atoms with van der Waals surface area (Å²) < 4.78 is 18.5. The molecule has 0 spiro atoms. The Morgan fingerprint density at radius 1 is 1.43 bits per heavy atom. The van der Waals surface area contributed by atoms with Gasteiger partial charge in [-0.05, 0) is 18.1 Å². The number of ether oxygens (including phenoxy) is 1. The Hall–Kier alpha value is -2.37. The number of nitrogens with one attached hydrogen (secondary N) is 2. The smallest absolute Gasteiger partial charge is 0.229 e. The lowest BCUT2D eigenvalue weighted by Crippen LogP contribution is -2.15. The number of hydrogen-bond acceptors (Lipinski definition) is 3. The first kappa shape index (κ1) is 15.0. The van der Waals surface area contributed by atoms with Gasteiger partial charge in [-0.2, -0.15) is 5.10 Å². The maximum absolute atomic E-state index is 13.3. The van der Waals surface area contributed by atoms with Crippen LogP contribution in [0.4, 0.5) is 10.2 Å². The molecule has 0 aliphatic heterocycles. The van der Waals surface area contributed by atoms with Crippen LogP contribution in [0.15, 0.2) is 30.3 Å². The molecule has 0 saturated carbocycles. The Balaban J connectivity index is 1.78. The summed E-state index contributed by atoms with van der Waals surface area (Å²) in [5.74, 6) is 0.272. The fraction of sp³-hybridized carbons (Fsp3) is 0.333. The highest BCUT2D eigenvalue weighted by Crippen LogP contribution is 2.16. The first-order valence-electron chi connectivity index (χ1n) is 6.78. The minimum absolute atomic E-state index is 0.105. The van der Waals surface area contributed by atoms with Crippen LogP contribution in [0.25, 0.3) is 0 Å². The second-order valence-electron chi connectivity index (χ2n) is 4.94. The zero-order valence-electron chi connectivity index (χ0n) is 12.0. The summed E-state index contributed by atoms with van der Waals surface area (Å²) in [6.45, 7) is 4.16. The monoisotopic (exact) mass is 291 g/mol. The van der Waals surface area contributed by atoms with Gasteiger partial charge in [0.2, 0.25) is 5.91 Å². The molecule has 0 atom stereocenters. The van der Waals surface area contributed by atoms with Crippen LogP contribution in [0, 0.1) is 5.82 Å². The van der Waals surface area contributed by atoms with Gasteiger partial charge in [0.25, 0.3) is 0 Å². The molecular weight excluding hydrogens is 273 g/mol. The summed E-state index contributed by atoms with van der Waals surface area (Å²) in [6.07, 6.45) is 0.123. The fourth-order valence-corrected chi connectivity index (χ4v) is 1.72. The Morgan fingerprint density at radius 2 is 2.19 bits per heavy atom. The number of carbonyl (C=O) groups excluding carboxylic acids is 1. The van der Waals surface area contributed by atoms with Crippen molar-refractivity contribution in [3.8, 4) is 5.75 Å². The molecule has 112 valence electrons. The van der Waals surface area contributed by atoms with Crippen molar-refractivity contribution in [2.45, 2.75) is 26.2 Å². The van der Waals surface area contributed by atoms with E-state index in [4.69, 9.17) is 4.74 Å². The lowest BCUT2D eigenvalue weighted by molar-refractivity contribution is -0.116. The quantitative estimate of drug-likeness (QED) is 0.859. The van der Waals surface area contributed by atoms with Crippen LogP contribution in [-0.2, 0) is 4.79 Å². The maximum atomic E-state index is 13.3. The average Bonchev–Trinajstić information content (AvgIpc) is 2.89. The highest BCUT2D eigenvalue weighted by Gasteiger charge is 2.09. The van der Waals surface area contributed by atoms with E-state index in [9.17, 15) is 9.18 Å². The number of halogens is 1. The minimum Gasteiger partial charge on any atom is -0.490 e. The zero-order valence-corrected chi connectivity index (χ0v) is 12.0. The molecule has 1 heterocycles. The number of hydrogen-bond donors (Lipinski definition) is 2. The first-order valence-corrected chi connectivity index (χ1v) is 6.78. The standard InChI is InChI=1S/C15H18FN3O2/c1-10(2)12-9-14(19-18-12)17-15(20)7-8-21-13-6-4-3-5-11(13)16/h3-6,9-10H,7-8H2,1-2H3,(H2,17,18,19,20). The van der Waals surface area contributed by atoms with Crippen LogP contribution in [0.5, 0.6) is 5.75 Å². The van der Waals surface area contributed by atoms with Crippen LogP contribution < -0.4 is 10.1 Å². The largest absolute Gasteiger partial charge is 0.490 e. The maximum Gasteiger partial charge on any atom is 0.229 e. The Bertz CT molecular complexity index is 610. The van der Waals surface area contributed by atoms with Gasteiger partial charge in [0.1, 0.15) is 0 Å². The fourth-order valence-electron chi connectivity index (χ4n) is 1.72. The molecule has 0 saturated heterocycles. The summed E-state index contributed by atoms with van der Waals surface area (Å²) in [4.78, 5) is 11.7. The van der Waals surface area contributed by atoms with Gasteiger partial charge in [0.15, 0.2) is 17.4 Å². The van der Waals surface area contributed by atoms with Crippen LogP contribution in [0.1, 0.15) is 31.9 Å². The predicted octanol–water partition coefficient (Wildman–Crippen LogP) is 3.08. The van der Waals surface area contributed by atoms with Gasteiger partial charge in [-0.15, -0.1) is 0 Å². The number of H-pyrrole nitrogens is 1. The first-order chi connectivity index (χ1) is 10.1. The van der Waals surface area contributed by atoms with E-state index in [0.29, 0.717) is 11.7 Å². The number of anilines is 1. The Morgan fingerprint density at radius 3 is 2.86 bits per heavy atom. The average molecular weight is 291 g/mol. The van der Waals surface area contributed by atoms with E-state index in [1.807, 2.05) is 13.8 Å². The normalized spacial score (nSPS) is 10.7. The lowest BCUT2D eigenvalue weighted by atomic mass is 10.1. The third kappa shape index (κ3) is 4.30. The molecule has 6 heteroatoms. The van der Waals surface area contributed by atoms with Crippen molar-refractivity contribution in [3.63, 3.8) is 0 Å². The van der Waals surface area contributed by atoms with E-state index >= 15 is 0 Å². The van der Waals surface area contributed by atoms with Gasteiger partial charge in [-0.1, -0.05) is 26.0 Å². The Labute approximate surface area is 122 Å². The van der Waals surface area contributed by atoms with E-state index in [0.717, 1.165) is 5.69 Å². The van der Waals surface area contributed by atoms with Crippen molar-refractivity contribution in [1.82, 2.24) is 10.2 Å². The summed E-state index contributed by atoms with van der Waals surface area (Å²) in [5.41, 5.74) is 0.952. The van der Waals surface area contributed by atoms with Gasteiger partial charge < -0.3 is 10.1 Å². The van der Waals surface area contributed by atoms with E-state index in [1.165, 1.54) is 12.1 Å². The number of rotatable bonds is 6. The van der Waals surface area contributed by atoms with Crippen LogP contribution in [0.3, 0.4) is 0 Å². The van der Waals surface area contributed by atoms with Crippen molar-refractivity contribution < 1.29 is 13.9 Å². The van der Waals surface area contributed by atoms with Crippen LogP contribution >= 0.6 is 0 Å². The molecule has 1 aromatic carbocycles. The zero-order chi connectivity index (χ0) is 15.2. The molecule has 0 aliphatic rings. The molecule has 0 radical (unpaired) electrons. The minimum atomic E-state index is -0.438. The second-order valence-corrected chi connectivity index (χ2v) is 4.94. The molecule has 0 fully saturated rings. The summed E-state index contributed by atoms with van der Waals surface area (Å²) in [5, 5.41) is 9.52. The number of aromatic amines is 1. The van der Waals surface area contributed by atoms with Gasteiger partial charge in [0, 0.05) is 11.8 Å². The van der Waals surface area contributed by atoms with Gasteiger partial charge in [-0.3, -0.25) is 9.89 Å². The topological polar surface area (TPSA) is 67.0 Å². The molecular formula is C15H18FN3O2. The van der Waals surface area contributed by atoms with Crippen LogP contribution in [0.2, 0.25) is 0 Å². The third-order valence-electron chi connectivity index (χ3n) is 2.91. The molecule has 1 aromatic heterocycles. The van der Waals surface area contributed by atoms with E-state index < -0.39 is 5.82 Å². The molecule has 2 N–H and O–H groups in total. The number of carbonyl (C=O) groups is 1. The van der Waals surface area contributed by atoms with Gasteiger partial charge >= 0.3 is 0 Å². The molecule has 0 aliphatic carbocycles. The molecule has 5 nitrogen and oxygen atoms in total. The van der Waals surface area contributed by atoms with E-state index in [2.05, 4.69) is 15.5 Å².